The summed E-state index contributed by atoms with van der Waals surface area (Å²) in [6.45, 7) is 3.32. The van der Waals surface area contributed by atoms with Crippen LogP contribution in [0.25, 0.3) is 0 Å². The standard InChI is InChI=1S/C21H36O4/c1-3-4-5-6-7-8-9-10-11-12-13-14-15-16-20(23)17-21(24)18-25-19(2)22/h4-5,15-16,21,24H,3,6-14,17-18H2,1-2H3/b5-4+,16-15+/t21-/m0/s1. The second-order valence-corrected chi connectivity index (χ2v) is 6.46. The molecule has 1 N–H and O–H groups in total. The van der Waals surface area contributed by atoms with E-state index in [0.717, 1.165) is 19.3 Å². The van der Waals surface area contributed by atoms with E-state index in [-0.39, 0.29) is 18.8 Å². The van der Waals surface area contributed by atoms with Crippen LogP contribution in [0, 0.1) is 0 Å². The van der Waals surface area contributed by atoms with E-state index in [2.05, 4.69) is 23.8 Å². The summed E-state index contributed by atoms with van der Waals surface area (Å²) in [7, 11) is 0. The third-order valence-corrected chi connectivity index (χ3v) is 3.86. The van der Waals surface area contributed by atoms with Crippen molar-refractivity contribution in [3.8, 4) is 0 Å². The Morgan fingerprint density at radius 3 is 2.04 bits per heavy atom. The first kappa shape index (κ1) is 23.6. The first-order chi connectivity index (χ1) is 12.1. The zero-order valence-corrected chi connectivity index (χ0v) is 16.0. The molecule has 0 radical (unpaired) electrons. The minimum atomic E-state index is -0.918. The Balaban J connectivity index is 3.43. The van der Waals surface area contributed by atoms with Gasteiger partial charge in [-0.25, -0.2) is 0 Å². The van der Waals surface area contributed by atoms with Crippen molar-refractivity contribution in [2.24, 2.45) is 0 Å². The van der Waals surface area contributed by atoms with Gasteiger partial charge in [-0.1, -0.05) is 57.3 Å². The Labute approximate surface area is 153 Å². The summed E-state index contributed by atoms with van der Waals surface area (Å²) < 4.78 is 4.66. The number of carbonyl (C=O) groups excluding carboxylic acids is 2. The van der Waals surface area contributed by atoms with Crippen LogP contribution in [0.2, 0.25) is 0 Å². The molecular formula is C21H36O4. The number of ether oxygens (including phenoxy) is 1. The lowest BCUT2D eigenvalue weighted by atomic mass is 10.1. The van der Waals surface area contributed by atoms with Gasteiger partial charge in [0.1, 0.15) is 6.61 Å². The van der Waals surface area contributed by atoms with Crippen molar-refractivity contribution in [3.05, 3.63) is 24.3 Å². The van der Waals surface area contributed by atoms with Crippen LogP contribution >= 0.6 is 0 Å². The number of allylic oxidation sites excluding steroid dienone is 4. The number of carbonyl (C=O) groups is 2. The number of hydrogen-bond donors (Lipinski definition) is 1. The minimum Gasteiger partial charge on any atom is -0.463 e. The molecule has 4 heteroatoms. The van der Waals surface area contributed by atoms with Crippen molar-refractivity contribution in [2.45, 2.75) is 90.6 Å². The maximum Gasteiger partial charge on any atom is 0.302 e. The molecule has 0 spiro atoms. The number of rotatable bonds is 16. The number of ketones is 1. The molecule has 0 aromatic heterocycles. The third kappa shape index (κ3) is 18.8. The van der Waals surface area contributed by atoms with E-state index in [9.17, 15) is 14.7 Å². The van der Waals surface area contributed by atoms with Crippen LogP contribution in [-0.2, 0) is 14.3 Å². The minimum absolute atomic E-state index is 0.00275. The maximum absolute atomic E-state index is 11.6. The van der Waals surface area contributed by atoms with Gasteiger partial charge in [-0.05, 0) is 38.2 Å². The lowest BCUT2D eigenvalue weighted by molar-refractivity contribution is -0.144. The van der Waals surface area contributed by atoms with Gasteiger partial charge in [-0.2, -0.15) is 0 Å². The number of aliphatic hydroxyl groups excluding tert-OH is 1. The first-order valence-corrected chi connectivity index (χ1v) is 9.72. The predicted molar refractivity (Wildman–Crippen MR) is 102 cm³/mol. The molecule has 0 rings (SSSR count). The van der Waals surface area contributed by atoms with Crippen LogP contribution in [0.15, 0.2) is 24.3 Å². The smallest absolute Gasteiger partial charge is 0.302 e. The third-order valence-electron chi connectivity index (χ3n) is 3.86. The molecule has 0 aromatic rings. The number of esters is 1. The van der Waals surface area contributed by atoms with E-state index in [1.165, 1.54) is 57.9 Å². The fraction of sp³-hybridized carbons (Fsp3) is 0.714. The Hall–Kier alpha value is -1.42. The van der Waals surface area contributed by atoms with Gasteiger partial charge >= 0.3 is 5.97 Å². The monoisotopic (exact) mass is 352 g/mol. The first-order valence-electron chi connectivity index (χ1n) is 9.72. The van der Waals surface area contributed by atoms with Gasteiger partial charge in [0.2, 0.25) is 0 Å². The van der Waals surface area contributed by atoms with Gasteiger partial charge in [0.25, 0.3) is 0 Å². The Morgan fingerprint density at radius 2 is 1.48 bits per heavy atom. The molecule has 0 aliphatic carbocycles. The number of hydrogen-bond acceptors (Lipinski definition) is 4. The second-order valence-electron chi connectivity index (χ2n) is 6.46. The van der Waals surface area contributed by atoms with Crippen molar-refractivity contribution < 1.29 is 19.4 Å². The average Bonchev–Trinajstić information content (AvgIpc) is 2.57. The van der Waals surface area contributed by atoms with Crippen LogP contribution in [0.5, 0.6) is 0 Å². The van der Waals surface area contributed by atoms with Crippen LogP contribution in [0.1, 0.15) is 84.5 Å². The molecule has 4 nitrogen and oxygen atoms in total. The molecule has 0 amide bonds. The summed E-state index contributed by atoms with van der Waals surface area (Å²) in [6, 6.07) is 0. The van der Waals surface area contributed by atoms with E-state index in [4.69, 9.17) is 0 Å². The number of aliphatic hydroxyl groups is 1. The lowest BCUT2D eigenvalue weighted by Gasteiger charge is -2.07. The summed E-state index contributed by atoms with van der Waals surface area (Å²) in [5.74, 6) is -0.577. The average molecular weight is 353 g/mol. The van der Waals surface area contributed by atoms with Crippen molar-refractivity contribution >= 4 is 11.8 Å². The molecular weight excluding hydrogens is 316 g/mol. The van der Waals surface area contributed by atoms with E-state index >= 15 is 0 Å². The molecule has 0 saturated heterocycles. The van der Waals surface area contributed by atoms with E-state index < -0.39 is 12.1 Å². The highest BCUT2D eigenvalue weighted by molar-refractivity contribution is 5.89. The molecule has 0 aliphatic rings. The molecule has 1 atom stereocenters. The van der Waals surface area contributed by atoms with Gasteiger partial charge < -0.3 is 9.84 Å². The van der Waals surface area contributed by atoms with E-state index in [0.29, 0.717) is 0 Å². The van der Waals surface area contributed by atoms with Crippen molar-refractivity contribution in [1.29, 1.82) is 0 Å². The Kier molecular flexibility index (Phi) is 16.4. The molecule has 0 bridgehead atoms. The molecule has 25 heavy (non-hydrogen) atoms. The van der Waals surface area contributed by atoms with Crippen LogP contribution in [-0.4, -0.2) is 29.6 Å². The summed E-state index contributed by atoms with van der Waals surface area (Å²) in [5.41, 5.74) is 0. The van der Waals surface area contributed by atoms with Crippen molar-refractivity contribution in [3.63, 3.8) is 0 Å². The highest BCUT2D eigenvalue weighted by Gasteiger charge is 2.09. The van der Waals surface area contributed by atoms with Crippen LogP contribution < -0.4 is 0 Å². The van der Waals surface area contributed by atoms with Gasteiger partial charge in [-0.3, -0.25) is 9.59 Å². The molecule has 0 aliphatic heterocycles. The van der Waals surface area contributed by atoms with Crippen molar-refractivity contribution in [2.75, 3.05) is 6.61 Å². The van der Waals surface area contributed by atoms with Gasteiger partial charge in [-0.15, -0.1) is 0 Å². The highest BCUT2D eigenvalue weighted by atomic mass is 16.5. The largest absolute Gasteiger partial charge is 0.463 e. The quantitative estimate of drug-likeness (QED) is 0.186. The predicted octanol–water partition coefficient (Wildman–Crippen LogP) is 4.90. The Bertz CT molecular complexity index is 399. The molecule has 144 valence electrons. The fourth-order valence-corrected chi connectivity index (χ4v) is 2.48. The van der Waals surface area contributed by atoms with Gasteiger partial charge in [0.05, 0.1) is 6.10 Å². The summed E-state index contributed by atoms with van der Waals surface area (Å²) >= 11 is 0. The topological polar surface area (TPSA) is 63.6 Å². The molecule has 0 saturated carbocycles. The van der Waals surface area contributed by atoms with Crippen LogP contribution in [0.4, 0.5) is 0 Å². The molecule has 0 aromatic carbocycles. The van der Waals surface area contributed by atoms with E-state index in [1.807, 2.05) is 6.08 Å². The summed E-state index contributed by atoms with van der Waals surface area (Å²) in [4.78, 5) is 22.2. The van der Waals surface area contributed by atoms with Crippen LogP contribution in [0.3, 0.4) is 0 Å². The molecule has 0 heterocycles. The Morgan fingerprint density at radius 1 is 0.920 bits per heavy atom. The zero-order valence-electron chi connectivity index (χ0n) is 16.0. The lowest BCUT2D eigenvalue weighted by Crippen LogP contribution is -2.20. The van der Waals surface area contributed by atoms with Gasteiger partial charge in [0, 0.05) is 13.3 Å². The van der Waals surface area contributed by atoms with Gasteiger partial charge in [0.15, 0.2) is 5.78 Å². The summed E-state index contributed by atoms with van der Waals surface area (Å²) in [6.07, 6.45) is 19.0. The fourth-order valence-electron chi connectivity index (χ4n) is 2.48. The zero-order chi connectivity index (χ0) is 18.8. The second kappa shape index (κ2) is 17.4. The molecule has 0 unspecified atom stereocenters. The highest BCUT2D eigenvalue weighted by Crippen LogP contribution is 2.10. The maximum atomic E-state index is 11.6. The molecule has 0 fully saturated rings. The SMILES string of the molecule is CC/C=C/CCCCCCCCC/C=C/C(=O)C[C@H](O)COC(C)=O. The van der Waals surface area contributed by atoms with E-state index in [1.54, 1.807) is 0 Å². The summed E-state index contributed by atoms with van der Waals surface area (Å²) in [5, 5.41) is 9.54. The van der Waals surface area contributed by atoms with Crippen molar-refractivity contribution in [1.82, 2.24) is 0 Å². The normalized spacial score (nSPS) is 12.8. The number of unbranched alkanes of at least 4 members (excludes halogenated alkanes) is 8.